The second kappa shape index (κ2) is 8.86. The van der Waals surface area contributed by atoms with Gasteiger partial charge in [0, 0.05) is 23.4 Å². The zero-order valence-electron chi connectivity index (χ0n) is 18.2. The SMILES string of the molecule is CCCCC(NC(=O)c1[nH]c2c(c1C)C(=O)CC(C)(C)C2)C(=O)Nc1ccccc1. The molecule has 6 heteroatoms. The van der Waals surface area contributed by atoms with Crippen molar-refractivity contribution in [2.24, 2.45) is 5.41 Å². The fourth-order valence-corrected chi connectivity index (χ4v) is 4.12. The summed E-state index contributed by atoms with van der Waals surface area (Å²) in [5.74, 6) is -0.524. The van der Waals surface area contributed by atoms with Gasteiger partial charge in [-0.2, -0.15) is 0 Å². The van der Waals surface area contributed by atoms with Crippen molar-refractivity contribution in [3.8, 4) is 0 Å². The second-order valence-electron chi connectivity index (χ2n) is 8.94. The van der Waals surface area contributed by atoms with Crippen LogP contribution in [0.5, 0.6) is 0 Å². The molecule has 0 aliphatic heterocycles. The molecule has 0 spiro atoms. The molecular weight excluding hydrogens is 378 g/mol. The highest BCUT2D eigenvalue weighted by Gasteiger charge is 2.35. The third-order valence-corrected chi connectivity index (χ3v) is 5.64. The predicted molar refractivity (Wildman–Crippen MR) is 118 cm³/mol. The van der Waals surface area contributed by atoms with Crippen LogP contribution in [0.25, 0.3) is 0 Å². The number of unbranched alkanes of at least 4 members (excludes halogenated alkanes) is 1. The number of carbonyl (C=O) groups is 3. The number of aromatic amines is 1. The van der Waals surface area contributed by atoms with Crippen molar-refractivity contribution < 1.29 is 14.4 Å². The average Bonchev–Trinajstić information content (AvgIpc) is 3.01. The Hall–Kier alpha value is -2.89. The molecule has 0 saturated heterocycles. The highest BCUT2D eigenvalue weighted by molar-refractivity contribution is 6.06. The number of Topliss-reactive ketones (excluding diaryl/α,β-unsaturated/α-hetero) is 1. The maximum absolute atomic E-state index is 13.0. The summed E-state index contributed by atoms with van der Waals surface area (Å²) in [7, 11) is 0. The Morgan fingerprint density at radius 1 is 1.17 bits per heavy atom. The van der Waals surface area contributed by atoms with Crippen molar-refractivity contribution in [1.82, 2.24) is 10.3 Å². The normalized spacial score (nSPS) is 15.9. The van der Waals surface area contributed by atoms with E-state index in [0.29, 0.717) is 35.3 Å². The van der Waals surface area contributed by atoms with Gasteiger partial charge in [0.15, 0.2) is 5.78 Å². The summed E-state index contributed by atoms with van der Waals surface area (Å²) in [5.41, 5.74) is 3.06. The van der Waals surface area contributed by atoms with Crippen molar-refractivity contribution in [1.29, 1.82) is 0 Å². The number of carbonyl (C=O) groups excluding carboxylic acids is 3. The molecule has 2 amide bonds. The summed E-state index contributed by atoms with van der Waals surface area (Å²) in [6.07, 6.45) is 3.48. The molecule has 1 aromatic carbocycles. The number of H-pyrrole nitrogens is 1. The first-order valence-corrected chi connectivity index (χ1v) is 10.6. The lowest BCUT2D eigenvalue weighted by Crippen LogP contribution is -2.44. The van der Waals surface area contributed by atoms with Gasteiger partial charge in [-0.15, -0.1) is 0 Å². The largest absolute Gasteiger partial charge is 0.354 e. The topological polar surface area (TPSA) is 91.1 Å². The van der Waals surface area contributed by atoms with Crippen LogP contribution in [0.15, 0.2) is 30.3 Å². The molecule has 30 heavy (non-hydrogen) atoms. The minimum Gasteiger partial charge on any atom is -0.354 e. The minimum atomic E-state index is -0.649. The van der Waals surface area contributed by atoms with Gasteiger partial charge in [-0.05, 0) is 42.9 Å². The van der Waals surface area contributed by atoms with Crippen molar-refractivity contribution in [2.45, 2.75) is 65.8 Å². The average molecular weight is 410 g/mol. The Kier molecular flexibility index (Phi) is 6.44. The Bertz CT molecular complexity index is 944. The van der Waals surface area contributed by atoms with Gasteiger partial charge in [0.2, 0.25) is 5.91 Å². The number of rotatable bonds is 7. The zero-order chi connectivity index (χ0) is 21.9. The third kappa shape index (κ3) is 4.81. The molecule has 0 radical (unpaired) electrons. The lowest BCUT2D eigenvalue weighted by atomic mass is 9.75. The molecule has 1 unspecified atom stereocenters. The fraction of sp³-hybridized carbons (Fsp3) is 0.458. The quantitative estimate of drug-likeness (QED) is 0.633. The number of para-hydroxylation sites is 1. The first-order valence-electron chi connectivity index (χ1n) is 10.6. The number of hydrogen-bond donors (Lipinski definition) is 3. The lowest BCUT2D eigenvalue weighted by Gasteiger charge is -2.28. The second-order valence-corrected chi connectivity index (χ2v) is 8.94. The number of anilines is 1. The molecule has 1 aliphatic rings. The molecule has 0 bridgehead atoms. The minimum absolute atomic E-state index is 0.0680. The van der Waals surface area contributed by atoms with Gasteiger partial charge in [-0.1, -0.05) is 51.8 Å². The van der Waals surface area contributed by atoms with Gasteiger partial charge in [-0.3, -0.25) is 14.4 Å². The first-order chi connectivity index (χ1) is 14.2. The van der Waals surface area contributed by atoms with Crippen molar-refractivity contribution >= 4 is 23.3 Å². The van der Waals surface area contributed by atoms with E-state index in [9.17, 15) is 14.4 Å². The van der Waals surface area contributed by atoms with E-state index in [1.807, 2.05) is 37.3 Å². The van der Waals surface area contributed by atoms with Gasteiger partial charge in [-0.25, -0.2) is 0 Å². The van der Waals surface area contributed by atoms with Crippen LogP contribution in [0.4, 0.5) is 5.69 Å². The van der Waals surface area contributed by atoms with Crippen LogP contribution in [0, 0.1) is 12.3 Å². The molecule has 0 fully saturated rings. The highest BCUT2D eigenvalue weighted by Crippen LogP contribution is 2.36. The third-order valence-electron chi connectivity index (χ3n) is 5.64. The summed E-state index contributed by atoms with van der Waals surface area (Å²) in [5, 5.41) is 5.75. The number of nitrogens with one attached hydrogen (secondary N) is 3. The molecule has 1 heterocycles. The highest BCUT2D eigenvalue weighted by atomic mass is 16.2. The monoisotopic (exact) mass is 409 g/mol. The molecular formula is C24H31N3O3. The first kappa shape index (κ1) is 21.8. The number of hydrogen-bond acceptors (Lipinski definition) is 3. The zero-order valence-corrected chi connectivity index (χ0v) is 18.2. The molecule has 6 nitrogen and oxygen atoms in total. The summed E-state index contributed by atoms with van der Waals surface area (Å²) >= 11 is 0. The Labute approximate surface area is 177 Å². The van der Waals surface area contributed by atoms with E-state index >= 15 is 0 Å². The maximum Gasteiger partial charge on any atom is 0.268 e. The van der Waals surface area contributed by atoms with E-state index in [4.69, 9.17) is 0 Å². The fourth-order valence-electron chi connectivity index (χ4n) is 4.12. The lowest BCUT2D eigenvalue weighted by molar-refractivity contribution is -0.118. The van der Waals surface area contributed by atoms with Gasteiger partial charge >= 0.3 is 0 Å². The van der Waals surface area contributed by atoms with E-state index in [1.54, 1.807) is 6.92 Å². The molecule has 1 aromatic heterocycles. The summed E-state index contributed by atoms with van der Waals surface area (Å²) in [6, 6.07) is 8.55. The van der Waals surface area contributed by atoms with Gasteiger partial charge in [0.25, 0.3) is 5.91 Å². The summed E-state index contributed by atoms with van der Waals surface area (Å²) < 4.78 is 0. The van der Waals surface area contributed by atoms with Crippen molar-refractivity contribution in [3.05, 3.63) is 52.8 Å². The Morgan fingerprint density at radius 3 is 2.53 bits per heavy atom. The van der Waals surface area contributed by atoms with E-state index in [-0.39, 0.29) is 23.0 Å². The van der Waals surface area contributed by atoms with Crippen molar-refractivity contribution in [2.75, 3.05) is 5.32 Å². The van der Waals surface area contributed by atoms with Gasteiger partial charge in [0.1, 0.15) is 11.7 Å². The van der Waals surface area contributed by atoms with Gasteiger partial charge in [0.05, 0.1) is 0 Å². The van der Waals surface area contributed by atoms with E-state index in [0.717, 1.165) is 25.0 Å². The van der Waals surface area contributed by atoms with Crippen LogP contribution >= 0.6 is 0 Å². The molecule has 160 valence electrons. The van der Waals surface area contributed by atoms with Crippen LogP contribution in [-0.4, -0.2) is 28.6 Å². The Morgan fingerprint density at radius 2 is 1.87 bits per heavy atom. The maximum atomic E-state index is 13.0. The van der Waals surface area contributed by atoms with Crippen LogP contribution in [0.3, 0.4) is 0 Å². The van der Waals surface area contributed by atoms with E-state index in [2.05, 4.69) is 29.5 Å². The van der Waals surface area contributed by atoms with Gasteiger partial charge < -0.3 is 15.6 Å². The van der Waals surface area contributed by atoms with E-state index < -0.39 is 6.04 Å². The molecule has 2 aromatic rings. The number of fused-ring (bicyclic) bond motifs is 1. The predicted octanol–water partition coefficient (Wildman–Crippen LogP) is 4.41. The summed E-state index contributed by atoms with van der Waals surface area (Å²) in [4.78, 5) is 41.7. The Balaban J connectivity index is 1.79. The molecule has 0 saturated carbocycles. The number of aromatic nitrogens is 1. The smallest absolute Gasteiger partial charge is 0.268 e. The van der Waals surface area contributed by atoms with E-state index in [1.165, 1.54) is 0 Å². The van der Waals surface area contributed by atoms with Crippen molar-refractivity contribution in [3.63, 3.8) is 0 Å². The molecule has 1 aliphatic carbocycles. The van der Waals surface area contributed by atoms with Crippen LogP contribution < -0.4 is 10.6 Å². The molecule has 3 N–H and O–H groups in total. The molecule has 3 rings (SSSR count). The number of amides is 2. The van der Waals surface area contributed by atoms with Crippen LogP contribution in [0.2, 0.25) is 0 Å². The standard InChI is InChI=1S/C24H31N3O3/c1-5-6-12-17(22(29)25-16-10-8-7-9-11-16)27-23(30)21-15(2)20-18(26-21)13-24(3,4)14-19(20)28/h7-11,17,26H,5-6,12-14H2,1-4H3,(H,25,29)(H,27,30). The number of benzene rings is 1. The summed E-state index contributed by atoms with van der Waals surface area (Å²) in [6.45, 7) is 7.95. The number of ketones is 1. The molecule has 1 atom stereocenters. The van der Waals surface area contributed by atoms with Crippen LogP contribution in [-0.2, 0) is 11.2 Å². The van der Waals surface area contributed by atoms with Crippen LogP contribution in [0.1, 0.15) is 78.6 Å².